The van der Waals surface area contributed by atoms with Gasteiger partial charge < -0.3 is 14.7 Å². The normalized spacial score (nSPS) is 25.6. The molecule has 1 saturated heterocycles. The van der Waals surface area contributed by atoms with Gasteiger partial charge in [-0.2, -0.15) is 0 Å². The molecule has 1 amide bonds. The Kier molecular flexibility index (Phi) is 4.93. The van der Waals surface area contributed by atoms with Crippen LogP contribution in [-0.4, -0.2) is 47.7 Å². The molecule has 3 atom stereocenters. The van der Waals surface area contributed by atoms with Crippen LogP contribution in [0.3, 0.4) is 0 Å². The van der Waals surface area contributed by atoms with Crippen LogP contribution in [0.4, 0.5) is 0 Å². The fourth-order valence-electron chi connectivity index (χ4n) is 2.01. The van der Waals surface area contributed by atoms with Gasteiger partial charge in [-0.1, -0.05) is 13.8 Å². The van der Waals surface area contributed by atoms with Crippen molar-refractivity contribution in [1.29, 1.82) is 0 Å². The fraction of sp³-hybridized carbons (Fsp3) is 0.833. The molecule has 0 aromatic heterocycles. The van der Waals surface area contributed by atoms with E-state index in [9.17, 15) is 9.59 Å². The predicted octanol–water partition coefficient (Wildman–Crippen LogP) is 1.12. The zero-order chi connectivity index (χ0) is 13.0. The first-order valence-corrected chi connectivity index (χ1v) is 6.09. The minimum atomic E-state index is -0.886. The van der Waals surface area contributed by atoms with E-state index in [4.69, 9.17) is 9.84 Å². The number of aliphatic carboxylic acids is 1. The molecule has 17 heavy (non-hydrogen) atoms. The molecule has 5 nitrogen and oxygen atoms in total. The van der Waals surface area contributed by atoms with Gasteiger partial charge in [0.25, 0.3) is 5.91 Å². The standard InChI is InChI=1S/C12H21NO4/c1-4-9-5-6-10(17-9)11(14)13(3)7-8(2)12(15)16/h8-10H,4-7H2,1-3H3,(H,15,16). The number of nitrogens with zero attached hydrogens (tertiary/aromatic N) is 1. The predicted molar refractivity (Wildman–Crippen MR) is 62.6 cm³/mol. The summed E-state index contributed by atoms with van der Waals surface area (Å²) in [5.41, 5.74) is 0. The van der Waals surface area contributed by atoms with Crippen LogP contribution in [0.1, 0.15) is 33.1 Å². The fourth-order valence-corrected chi connectivity index (χ4v) is 2.01. The summed E-state index contributed by atoms with van der Waals surface area (Å²) in [6.07, 6.45) is 2.36. The highest BCUT2D eigenvalue weighted by atomic mass is 16.5. The maximum absolute atomic E-state index is 12.0. The van der Waals surface area contributed by atoms with E-state index in [2.05, 4.69) is 0 Å². The van der Waals surface area contributed by atoms with Crippen LogP contribution in [0.25, 0.3) is 0 Å². The van der Waals surface area contributed by atoms with Gasteiger partial charge in [-0.05, 0) is 19.3 Å². The molecule has 0 saturated carbocycles. The third-order valence-corrected chi connectivity index (χ3v) is 3.18. The summed E-state index contributed by atoms with van der Waals surface area (Å²) in [5.74, 6) is -1.54. The van der Waals surface area contributed by atoms with Gasteiger partial charge in [0.15, 0.2) is 0 Å². The van der Waals surface area contributed by atoms with E-state index >= 15 is 0 Å². The van der Waals surface area contributed by atoms with Gasteiger partial charge in [-0.3, -0.25) is 9.59 Å². The number of hydrogen-bond donors (Lipinski definition) is 1. The Hall–Kier alpha value is -1.10. The number of carbonyl (C=O) groups is 2. The lowest BCUT2D eigenvalue weighted by Crippen LogP contribution is -2.40. The largest absolute Gasteiger partial charge is 0.481 e. The molecule has 1 rings (SSSR count). The summed E-state index contributed by atoms with van der Waals surface area (Å²) in [4.78, 5) is 24.1. The molecule has 1 aliphatic rings. The molecular weight excluding hydrogens is 222 g/mol. The van der Waals surface area contributed by atoms with E-state index in [-0.39, 0.29) is 24.7 Å². The molecule has 0 aromatic carbocycles. The van der Waals surface area contributed by atoms with Crippen molar-refractivity contribution in [2.45, 2.75) is 45.3 Å². The molecule has 1 fully saturated rings. The van der Waals surface area contributed by atoms with E-state index in [1.54, 1.807) is 14.0 Å². The maximum Gasteiger partial charge on any atom is 0.308 e. The molecule has 0 spiro atoms. The van der Waals surface area contributed by atoms with Crippen molar-refractivity contribution in [3.05, 3.63) is 0 Å². The Morgan fingerprint density at radius 2 is 2.12 bits per heavy atom. The number of carboxylic acids is 1. The monoisotopic (exact) mass is 243 g/mol. The van der Waals surface area contributed by atoms with Gasteiger partial charge in [0.1, 0.15) is 6.10 Å². The summed E-state index contributed by atoms with van der Waals surface area (Å²) in [6.45, 7) is 3.86. The zero-order valence-electron chi connectivity index (χ0n) is 10.7. The Balaban J connectivity index is 2.44. The second-order valence-electron chi connectivity index (χ2n) is 4.69. The van der Waals surface area contributed by atoms with E-state index in [1.165, 1.54) is 4.90 Å². The van der Waals surface area contributed by atoms with Crippen molar-refractivity contribution in [2.75, 3.05) is 13.6 Å². The molecule has 0 aliphatic carbocycles. The minimum absolute atomic E-state index is 0.103. The van der Waals surface area contributed by atoms with Gasteiger partial charge in [-0.25, -0.2) is 0 Å². The van der Waals surface area contributed by atoms with Crippen LogP contribution in [0.5, 0.6) is 0 Å². The van der Waals surface area contributed by atoms with Crippen molar-refractivity contribution in [1.82, 2.24) is 4.90 Å². The van der Waals surface area contributed by atoms with Crippen LogP contribution in [-0.2, 0) is 14.3 Å². The number of rotatable bonds is 5. The summed E-state index contributed by atoms with van der Waals surface area (Å²) in [7, 11) is 1.63. The number of ether oxygens (including phenoxy) is 1. The molecule has 98 valence electrons. The number of carboxylic acid groups (broad SMARTS) is 1. The molecule has 5 heteroatoms. The van der Waals surface area contributed by atoms with Crippen LogP contribution in [0.15, 0.2) is 0 Å². The molecule has 0 radical (unpaired) electrons. The lowest BCUT2D eigenvalue weighted by Gasteiger charge is -2.22. The van der Waals surface area contributed by atoms with E-state index in [0.29, 0.717) is 0 Å². The average Bonchev–Trinajstić information content (AvgIpc) is 2.76. The van der Waals surface area contributed by atoms with E-state index in [1.807, 2.05) is 6.92 Å². The maximum atomic E-state index is 12.0. The van der Waals surface area contributed by atoms with Crippen molar-refractivity contribution >= 4 is 11.9 Å². The molecule has 0 aromatic rings. The van der Waals surface area contributed by atoms with Crippen LogP contribution in [0, 0.1) is 5.92 Å². The number of amides is 1. The summed E-state index contributed by atoms with van der Waals surface area (Å²) >= 11 is 0. The number of hydrogen-bond acceptors (Lipinski definition) is 3. The third-order valence-electron chi connectivity index (χ3n) is 3.18. The van der Waals surface area contributed by atoms with Gasteiger partial charge in [0.05, 0.1) is 12.0 Å². The number of likely N-dealkylation sites (N-methyl/N-ethyl adjacent to an activating group) is 1. The second-order valence-corrected chi connectivity index (χ2v) is 4.69. The van der Waals surface area contributed by atoms with Gasteiger partial charge >= 0.3 is 5.97 Å². The summed E-state index contributed by atoms with van der Waals surface area (Å²) in [6, 6.07) is 0. The van der Waals surface area contributed by atoms with Crippen LogP contribution < -0.4 is 0 Å². The van der Waals surface area contributed by atoms with Crippen molar-refractivity contribution in [3.63, 3.8) is 0 Å². The molecular formula is C12H21NO4. The lowest BCUT2D eigenvalue weighted by atomic mass is 10.1. The SMILES string of the molecule is CCC1CCC(C(=O)N(C)CC(C)C(=O)O)O1. The Labute approximate surface area is 102 Å². The first kappa shape index (κ1) is 14.0. The van der Waals surface area contributed by atoms with Gasteiger partial charge in [-0.15, -0.1) is 0 Å². The average molecular weight is 243 g/mol. The van der Waals surface area contributed by atoms with Crippen molar-refractivity contribution in [2.24, 2.45) is 5.92 Å². The van der Waals surface area contributed by atoms with Crippen molar-refractivity contribution < 1.29 is 19.4 Å². The highest BCUT2D eigenvalue weighted by Gasteiger charge is 2.32. The molecule has 1 N–H and O–H groups in total. The second kappa shape index (κ2) is 6.00. The smallest absolute Gasteiger partial charge is 0.308 e. The lowest BCUT2D eigenvalue weighted by molar-refractivity contribution is -0.146. The molecule has 1 aliphatic heterocycles. The first-order chi connectivity index (χ1) is 7.95. The Morgan fingerprint density at radius 3 is 2.59 bits per heavy atom. The highest BCUT2D eigenvalue weighted by molar-refractivity contribution is 5.81. The van der Waals surface area contributed by atoms with Crippen LogP contribution in [0.2, 0.25) is 0 Å². The third kappa shape index (κ3) is 3.70. The summed E-state index contributed by atoms with van der Waals surface area (Å²) in [5, 5.41) is 8.79. The topological polar surface area (TPSA) is 66.8 Å². The molecule has 3 unspecified atom stereocenters. The zero-order valence-corrected chi connectivity index (χ0v) is 10.7. The van der Waals surface area contributed by atoms with E-state index in [0.717, 1.165) is 19.3 Å². The van der Waals surface area contributed by atoms with Gasteiger partial charge in [0, 0.05) is 13.6 Å². The van der Waals surface area contributed by atoms with Gasteiger partial charge in [0.2, 0.25) is 0 Å². The quantitative estimate of drug-likeness (QED) is 0.785. The summed E-state index contributed by atoms with van der Waals surface area (Å²) < 4.78 is 5.60. The number of carbonyl (C=O) groups excluding carboxylic acids is 1. The van der Waals surface area contributed by atoms with Crippen LogP contribution >= 0.6 is 0 Å². The molecule has 0 bridgehead atoms. The molecule has 1 heterocycles. The highest BCUT2D eigenvalue weighted by Crippen LogP contribution is 2.23. The Bertz CT molecular complexity index is 292. The van der Waals surface area contributed by atoms with E-state index < -0.39 is 11.9 Å². The Morgan fingerprint density at radius 1 is 1.47 bits per heavy atom. The minimum Gasteiger partial charge on any atom is -0.481 e. The first-order valence-electron chi connectivity index (χ1n) is 6.09. The van der Waals surface area contributed by atoms with Crippen molar-refractivity contribution in [3.8, 4) is 0 Å².